The molecule has 3 atom stereocenters. The zero-order valence-electron chi connectivity index (χ0n) is 12.4. The fourth-order valence-corrected chi connectivity index (χ4v) is 5.48. The van der Waals surface area contributed by atoms with Gasteiger partial charge in [-0.25, -0.2) is 8.42 Å². The van der Waals surface area contributed by atoms with E-state index < -0.39 is 16.1 Å². The highest BCUT2D eigenvalue weighted by Crippen LogP contribution is 2.38. The first-order chi connectivity index (χ1) is 9.98. The molecule has 116 valence electrons. The van der Waals surface area contributed by atoms with Gasteiger partial charge in [0.2, 0.25) is 10.0 Å². The van der Waals surface area contributed by atoms with E-state index in [4.69, 9.17) is 0 Å². The lowest BCUT2D eigenvalue weighted by Gasteiger charge is -2.44. The Morgan fingerprint density at radius 1 is 1.14 bits per heavy atom. The van der Waals surface area contributed by atoms with Gasteiger partial charge in [-0.15, -0.1) is 0 Å². The highest BCUT2D eigenvalue weighted by atomic mass is 32.2. The molecule has 0 radical (unpaired) electrons. The number of nitrogens with zero attached hydrogens (tertiary/aromatic N) is 1. The minimum absolute atomic E-state index is 0.0634. The first-order valence-corrected chi connectivity index (χ1v) is 9.19. The van der Waals surface area contributed by atoms with Crippen LogP contribution in [0.15, 0.2) is 29.2 Å². The van der Waals surface area contributed by atoms with Crippen LogP contribution in [0.3, 0.4) is 0 Å². The summed E-state index contributed by atoms with van der Waals surface area (Å²) >= 11 is 0. The molecular weight excluding hydrogens is 286 g/mol. The molecule has 1 aliphatic heterocycles. The summed E-state index contributed by atoms with van der Waals surface area (Å²) < 4.78 is 27.4. The molecule has 0 aromatic heterocycles. The van der Waals surface area contributed by atoms with Crippen LogP contribution >= 0.6 is 0 Å². The SMILES string of the molecule is Cc1ccc(S(=O)(=O)N2C[C@H](O)C[C@@H]3CCCC[C@@H]32)cc1. The van der Waals surface area contributed by atoms with Crippen LogP contribution in [0.5, 0.6) is 0 Å². The highest BCUT2D eigenvalue weighted by molar-refractivity contribution is 7.89. The van der Waals surface area contributed by atoms with Crippen LogP contribution in [0.25, 0.3) is 0 Å². The van der Waals surface area contributed by atoms with Gasteiger partial charge in [-0.2, -0.15) is 4.31 Å². The Bertz CT molecular complexity index is 596. The Labute approximate surface area is 126 Å². The fraction of sp³-hybridized carbons (Fsp3) is 0.625. The summed E-state index contributed by atoms with van der Waals surface area (Å²) in [6.07, 6.45) is 4.38. The van der Waals surface area contributed by atoms with Crippen molar-refractivity contribution in [2.24, 2.45) is 5.92 Å². The molecule has 1 N–H and O–H groups in total. The van der Waals surface area contributed by atoms with Crippen molar-refractivity contribution in [1.29, 1.82) is 0 Å². The third kappa shape index (κ3) is 2.87. The maximum absolute atomic E-state index is 12.9. The summed E-state index contributed by atoms with van der Waals surface area (Å²) in [5.74, 6) is 0.308. The quantitative estimate of drug-likeness (QED) is 0.912. The summed E-state index contributed by atoms with van der Waals surface area (Å²) in [7, 11) is -3.51. The van der Waals surface area contributed by atoms with E-state index >= 15 is 0 Å². The number of hydrogen-bond acceptors (Lipinski definition) is 3. The van der Waals surface area contributed by atoms with E-state index in [1.54, 1.807) is 16.4 Å². The number of fused-ring (bicyclic) bond motifs is 1. The molecule has 1 saturated heterocycles. The molecule has 1 saturated carbocycles. The molecule has 1 aromatic rings. The van der Waals surface area contributed by atoms with E-state index in [1.807, 2.05) is 19.1 Å². The molecule has 0 amide bonds. The summed E-state index contributed by atoms with van der Waals surface area (Å²) in [6.45, 7) is 2.18. The number of hydrogen-bond donors (Lipinski definition) is 1. The zero-order valence-corrected chi connectivity index (χ0v) is 13.2. The number of β-amino-alcohol motifs (C(OH)–C–C–N with tert-alkyl or cyclic N) is 1. The molecule has 0 bridgehead atoms. The molecular formula is C16H23NO3S. The maximum atomic E-state index is 12.9. The predicted octanol–water partition coefficient (Wildman–Crippen LogP) is 2.31. The Hall–Kier alpha value is -0.910. The smallest absolute Gasteiger partial charge is 0.243 e. The largest absolute Gasteiger partial charge is 0.392 e. The number of piperidine rings is 1. The molecule has 3 rings (SSSR count). The lowest BCUT2D eigenvalue weighted by molar-refractivity contribution is 0.0241. The molecule has 2 aliphatic rings. The van der Waals surface area contributed by atoms with Gasteiger partial charge in [-0.1, -0.05) is 30.5 Å². The van der Waals surface area contributed by atoms with Crippen molar-refractivity contribution in [3.05, 3.63) is 29.8 Å². The van der Waals surface area contributed by atoms with Crippen molar-refractivity contribution in [2.45, 2.75) is 56.1 Å². The normalized spacial score (nSPS) is 30.9. The second-order valence-corrected chi connectivity index (χ2v) is 8.28. The molecule has 1 aromatic carbocycles. The first kappa shape index (κ1) is 15.0. The van der Waals surface area contributed by atoms with Crippen molar-refractivity contribution in [3.8, 4) is 0 Å². The fourth-order valence-electron chi connectivity index (χ4n) is 3.73. The monoisotopic (exact) mass is 309 g/mol. The van der Waals surface area contributed by atoms with Crippen LogP contribution in [-0.4, -0.2) is 36.5 Å². The van der Waals surface area contributed by atoms with Gasteiger partial charge in [0.1, 0.15) is 0 Å². The Balaban J connectivity index is 1.94. The van der Waals surface area contributed by atoms with E-state index in [-0.39, 0.29) is 12.6 Å². The molecule has 2 fully saturated rings. The maximum Gasteiger partial charge on any atom is 0.243 e. The number of benzene rings is 1. The van der Waals surface area contributed by atoms with Crippen LogP contribution < -0.4 is 0 Å². The minimum atomic E-state index is -3.51. The van der Waals surface area contributed by atoms with E-state index in [1.165, 1.54) is 0 Å². The van der Waals surface area contributed by atoms with Crippen LogP contribution in [0.4, 0.5) is 0 Å². The van der Waals surface area contributed by atoms with Crippen molar-refractivity contribution in [3.63, 3.8) is 0 Å². The zero-order chi connectivity index (χ0) is 15.0. The number of rotatable bonds is 2. The summed E-state index contributed by atoms with van der Waals surface area (Å²) in [4.78, 5) is 0.339. The van der Waals surface area contributed by atoms with E-state index in [2.05, 4.69) is 0 Å². The first-order valence-electron chi connectivity index (χ1n) is 7.75. The Morgan fingerprint density at radius 2 is 1.81 bits per heavy atom. The molecule has 21 heavy (non-hydrogen) atoms. The van der Waals surface area contributed by atoms with Crippen molar-refractivity contribution >= 4 is 10.0 Å². The Kier molecular flexibility index (Phi) is 4.08. The van der Waals surface area contributed by atoms with E-state index in [0.29, 0.717) is 10.8 Å². The molecule has 5 heteroatoms. The van der Waals surface area contributed by atoms with Crippen LogP contribution in [0.2, 0.25) is 0 Å². The average Bonchev–Trinajstić information content (AvgIpc) is 2.46. The predicted molar refractivity (Wildman–Crippen MR) is 81.4 cm³/mol. The summed E-state index contributed by atoms with van der Waals surface area (Å²) in [5.41, 5.74) is 1.04. The lowest BCUT2D eigenvalue weighted by atomic mass is 9.79. The van der Waals surface area contributed by atoms with Gasteiger partial charge < -0.3 is 5.11 Å². The Morgan fingerprint density at radius 3 is 2.52 bits per heavy atom. The molecule has 1 aliphatic carbocycles. The topological polar surface area (TPSA) is 57.6 Å². The molecule has 1 heterocycles. The van der Waals surface area contributed by atoms with E-state index in [9.17, 15) is 13.5 Å². The van der Waals surface area contributed by atoms with Crippen LogP contribution in [0, 0.1) is 12.8 Å². The molecule has 4 nitrogen and oxygen atoms in total. The van der Waals surface area contributed by atoms with Gasteiger partial charge in [-0.05, 0) is 44.2 Å². The number of aryl methyl sites for hydroxylation is 1. The average molecular weight is 309 g/mol. The highest BCUT2D eigenvalue weighted by Gasteiger charge is 2.42. The standard InChI is InChI=1S/C16H23NO3S/c1-12-6-8-15(9-7-12)21(19,20)17-11-14(18)10-13-4-2-3-5-16(13)17/h6-9,13-14,16,18H,2-5,10-11H2,1H3/t13-,14+,16-/m0/s1. The van der Waals surface area contributed by atoms with E-state index in [0.717, 1.165) is 37.7 Å². The molecule has 0 unspecified atom stereocenters. The van der Waals surface area contributed by atoms with Crippen molar-refractivity contribution < 1.29 is 13.5 Å². The van der Waals surface area contributed by atoms with Gasteiger partial charge in [0.15, 0.2) is 0 Å². The second kappa shape index (κ2) is 5.71. The number of aliphatic hydroxyl groups is 1. The molecule has 0 spiro atoms. The van der Waals surface area contributed by atoms with Gasteiger partial charge in [0.25, 0.3) is 0 Å². The van der Waals surface area contributed by atoms with Gasteiger partial charge in [0.05, 0.1) is 11.0 Å². The third-order valence-corrected chi connectivity index (χ3v) is 6.74. The summed E-state index contributed by atoms with van der Waals surface area (Å²) in [5, 5.41) is 10.1. The summed E-state index contributed by atoms with van der Waals surface area (Å²) in [6, 6.07) is 7.05. The third-order valence-electron chi connectivity index (χ3n) is 4.83. The van der Waals surface area contributed by atoms with Gasteiger partial charge in [0, 0.05) is 12.6 Å². The van der Waals surface area contributed by atoms with Gasteiger partial charge >= 0.3 is 0 Å². The van der Waals surface area contributed by atoms with Crippen molar-refractivity contribution in [2.75, 3.05) is 6.54 Å². The second-order valence-electron chi connectivity index (χ2n) is 6.39. The lowest BCUT2D eigenvalue weighted by Crippen LogP contribution is -2.54. The van der Waals surface area contributed by atoms with Crippen LogP contribution in [0.1, 0.15) is 37.7 Å². The number of sulfonamides is 1. The van der Waals surface area contributed by atoms with Crippen LogP contribution in [-0.2, 0) is 10.0 Å². The minimum Gasteiger partial charge on any atom is -0.392 e. The number of aliphatic hydroxyl groups excluding tert-OH is 1. The van der Waals surface area contributed by atoms with Gasteiger partial charge in [-0.3, -0.25) is 0 Å². The van der Waals surface area contributed by atoms with Crippen molar-refractivity contribution in [1.82, 2.24) is 4.31 Å².